The van der Waals surface area contributed by atoms with Crippen molar-refractivity contribution in [3.63, 3.8) is 0 Å². The van der Waals surface area contributed by atoms with Gasteiger partial charge in [0.1, 0.15) is 18.3 Å². The Balaban J connectivity index is 1.61. The van der Waals surface area contributed by atoms with Crippen molar-refractivity contribution >= 4 is 70.4 Å². The minimum absolute atomic E-state index is 0.0724. The number of carbonyl (C=O) groups excluding carboxylic acids is 6. The molecule has 6 N–H and O–H groups in total. The Labute approximate surface area is 332 Å². The molecule has 3 atom stereocenters. The van der Waals surface area contributed by atoms with E-state index >= 15 is 0 Å². The SMILES string of the molecule is CCC(C(O)C(=O)CCSCCC1=CC(C)(C)C(=O)N1)(C(O)C(=O)CCSCCC1=CC(C)(C)C(=O)N1)C(O)C(=O)CCSCCC1=CC(C)(C)C(=O)N1. The van der Waals surface area contributed by atoms with Crippen LogP contribution >= 0.6 is 35.3 Å². The van der Waals surface area contributed by atoms with E-state index in [1.54, 1.807) is 0 Å². The second-order valence-corrected chi connectivity index (χ2v) is 19.6. The number of carbonyl (C=O) groups is 6. The van der Waals surface area contributed by atoms with Gasteiger partial charge < -0.3 is 31.3 Å². The highest BCUT2D eigenvalue weighted by Gasteiger charge is 2.55. The van der Waals surface area contributed by atoms with Gasteiger partial charge in [-0.05, 0) is 84.5 Å². The Morgan fingerprint density at radius 1 is 0.556 bits per heavy atom. The summed E-state index contributed by atoms with van der Waals surface area (Å²) in [7, 11) is 0. The number of ketones is 3. The van der Waals surface area contributed by atoms with Crippen LogP contribution in [0.1, 0.15) is 93.4 Å². The largest absolute Gasteiger partial charge is 0.385 e. The van der Waals surface area contributed by atoms with Crippen LogP contribution in [-0.4, -0.2) is 103 Å². The van der Waals surface area contributed by atoms with E-state index < -0.39 is 57.3 Å². The van der Waals surface area contributed by atoms with Crippen LogP contribution < -0.4 is 16.0 Å². The fourth-order valence-electron chi connectivity index (χ4n) is 6.65. The van der Waals surface area contributed by atoms with Gasteiger partial charge in [0.15, 0.2) is 17.3 Å². The molecule has 0 bridgehead atoms. The van der Waals surface area contributed by atoms with Gasteiger partial charge in [-0.2, -0.15) is 35.3 Å². The summed E-state index contributed by atoms with van der Waals surface area (Å²) in [6, 6.07) is 0. The van der Waals surface area contributed by atoms with E-state index in [2.05, 4.69) is 16.0 Å². The van der Waals surface area contributed by atoms with Crippen LogP contribution in [0.5, 0.6) is 0 Å². The highest BCUT2D eigenvalue weighted by molar-refractivity contribution is 7.99. The van der Waals surface area contributed by atoms with Gasteiger partial charge in [0.05, 0.1) is 21.7 Å². The number of Topliss-reactive ketones (excluding diaryl/α,β-unsaturated/α-hetero) is 3. The molecule has 0 aromatic rings. The summed E-state index contributed by atoms with van der Waals surface area (Å²) in [5.41, 5.74) is -1.45. The van der Waals surface area contributed by atoms with Crippen molar-refractivity contribution < 1.29 is 44.1 Å². The summed E-state index contributed by atoms with van der Waals surface area (Å²) in [4.78, 5) is 76.6. The van der Waals surface area contributed by atoms with E-state index in [0.717, 1.165) is 17.1 Å². The number of aliphatic hydroxyl groups excluding tert-OH is 3. The summed E-state index contributed by atoms with van der Waals surface area (Å²) < 4.78 is 0. The minimum Gasteiger partial charge on any atom is -0.385 e. The lowest BCUT2D eigenvalue weighted by Gasteiger charge is -2.42. The number of hydrogen-bond acceptors (Lipinski definition) is 12. The molecule has 3 heterocycles. The molecule has 3 aliphatic rings. The number of amides is 3. The number of aliphatic hydroxyl groups is 3. The van der Waals surface area contributed by atoms with Crippen molar-refractivity contribution in [2.24, 2.45) is 21.7 Å². The Morgan fingerprint density at radius 3 is 1.02 bits per heavy atom. The van der Waals surface area contributed by atoms with Crippen molar-refractivity contribution in [2.45, 2.75) is 112 Å². The van der Waals surface area contributed by atoms with E-state index in [4.69, 9.17) is 0 Å². The number of thioether (sulfide) groups is 3. The first kappa shape index (κ1) is 46.0. The molecule has 0 spiro atoms. The normalized spacial score (nSPS) is 21.2. The zero-order valence-electron chi connectivity index (χ0n) is 32.7. The maximum absolute atomic E-state index is 13.5. The molecular weight excluding hydrogens is 751 g/mol. The second kappa shape index (κ2) is 19.6. The molecule has 3 aliphatic heterocycles. The van der Waals surface area contributed by atoms with Gasteiger partial charge in [0, 0.05) is 53.6 Å². The lowest BCUT2D eigenvalue weighted by atomic mass is 9.66. The van der Waals surface area contributed by atoms with Gasteiger partial charge in [0.25, 0.3) is 0 Å². The molecule has 0 fully saturated rings. The fourth-order valence-corrected chi connectivity index (χ4v) is 9.39. The number of nitrogens with one attached hydrogen (secondary N) is 3. The van der Waals surface area contributed by atoms with Crippen molar-refractivity contribution in [3.05, 3.63) is 35.3 Å². The Hall–Kier alpha value is -2.43. The highest BCUT2D eigenvalue weighted by Crippen LogP contribution is 2.39. The van der Waals surface area contributed by atoms with Gasteiger partial charge in [-0.3, -0.25) is 28.8 Å². The van der Waals surface area contributed by atoms with E-state index in [-0.39, 0.29) is 43.4 Å². The molecule has 302 valence electrons. The van der Waals surface area contributed by atoms with Crippen LogP contribution in [0.3, 0.4) is 0 Å². The zero-order valence-corrected chi connectivity index (χ0v) is 35.1. The minimum atomic E-state index is -2.15. The van der Waals surface area contributed by atoms with E-state index in [1.165, 1.54) is 42.2 Å². The Morgan fingerprint density at radius 2 is 0.815 bits per heavy atom. The van der Waals surface area contributed by atoms with Crippen molar-refractivity contribution in [1.82, 2.24) is 16.0 Å². The van der Waals surface area contributed by atoms with Crippen LogP contribution in [0.4, 0.5) is 0 Å². The van der Waals surface area contributed by atoms with Crippen LogP contribution in [-0.2, 0) is 28.8 Å². The molecule has 0 saturated heterocycles. The van der Waals surface area contributed by atoms with Crippen LogP contribution in [0, 0.1) is 21.7 Å². The smallest absolute Gasteiger partial charge is 0.233 e. The van der Waals surface area contributed by atoms with Gasteiger partial charge in [-0.15, -0.1) is 0 Å². The molecular formula is C39H59N3O9S3. The third kappa shape index (κ3) is 11.8. The highest BCUT2D eigenvalue weighted by atomic mass is 32.2. The molecule has 0 aromatic heterocycles. The molecule has 12 nitrogen and oxygen atoms in total. The van der Waals surface area contributed by atoms with Crippen molar-refractivity contribution in [2.75, 3.05) is 34.5 Å². The molecule has 3 unspecified atom stereocenters. The van der Waals surface area contributed by atoms with Crippen LogP contribution in [0.2, 0.25) is 0 Å². The number of hydrogen-bond donors (Lipinski definition) is 6. The van der Waals surface area contributed by atoms with E-state index in [0.29, 0.717) is 53.8 Å². The summed E-state index contributed by atoms with van der Waals surface area (Å²) in [5, 5.41) is 43.2. The Kier molecular flexibility index (Phi) is 16.7. The molecule has 0 aromatic carbocycles. The summed E-state index contributed by atoms with van der Waals surface area (Å²) in [5.74, 6) is 0.450. The molecule has 0 aliphatic carbocycles. The predicted molar refractivity (Wildman–Crippen MR) is 215 cm³/mol. The summed E-state index contributed by atoms with van der Waals surface area (Å²) in [6.07, 6.45) is 0.867. The first-order valence-corrected chi connectivity index (χ1v) is 22.1. The van der Waals surface area contributed by atoms with Gasteiger partial charge in [-0.1, -0.05) is 25.2 Å². The molecule has 0 radical (unpaired) electrons. The average Bonchev–Trinajstić information content (AvgIpc) is 3.63. The third-order valence-electron chi connectivity index (χ3n) is 10.3. The van der Waals surface area contributed by atoms with Crippen molar-refractivity contribution in [3.8, 4) is 0 Å². The van der Waals surface area contributed by atoms with Gasteiger partial charge in [-0.25, -0.2) is 0 Å². The maximum Gasteiger partial charge on any atom is 0.233 e. The van der Waals surface area contributed by atoms with E-state index in [9.17, 15) is 44.1 Å². The van der Waals surface area contributed by atoms with Crippen LogP contribution in [0.25, 0.3) is 0 Å². The van der Waals surface area contributed by atoms with Gasteiger partial charge >= 0.3 is 0 Å². The quantitative estimate of drug-likeness (QED) is 0.0730. The molecule has 3 rings (SSSR count). The standard InChI is InChI=1S/C39H59N3O9S3/c1-8-39(30(46)27(43)12-18-52-15-9-24-21-36(2,3)33(49)40-24,31(47)28(44)13-19-53-16-10-25-22-37(4,5)34(50)41-25)32(48)29(45)14-20-54-17-11-26-23-38(6,7)35(51)42-26/h21-23,30-32,46-48H,8-20H2,1-7H3,(H,40,49)(H,41,50)(H,42,51). The zero-order chi connectivity index (χ0) is 40.5. The monoisotopic (exact) mass is 809 g/mol. The second-order valence-electron chi connectivity index (χ2n) is 15.9. The first-order chi connectivity index (χ1) is 25.2. The topological polar surface area (TPSA) is 199 Å². The Bertz CT molecular complexity index is 1360. The maximum atomic E-state index is 13.5. The number of rotatable bonds is 25. The van der Waals surface area contributed by atoms with Gasteiger partial charge in [0.2, 0.25) is 17.7 Å². The third-order valence-corrected chi connectivity index (χ3v) is 13.2. The number of allylic oxidation sites excluding steroid dienone is 3. The molecule has 54 heavy (non-hydrogen) atoms. The predicted octanol–water partition coefficient (Wildman–Crippen LogP) is 3.83. The lowest BCUT2D eigenvalue weighted by molar-refractivity contribution is -0.174. The van der Waals surface area contributed by atoms with E-state index in [1.807, 2.05) is 59.8 Å². The van der Waals surface area contributed by atoms with Crippen LogP contribution in [0.15, 0.2) is 35.3 Å². The molecule has 0 saturated carbocycles. The average molecular weight is 810 g/mol. The fraction of sp³-hybridized carbons (Fsp3) is 0.692. The first-order valence-electron chi connectivity index (χ1n) is 18.6. The molecule has 15 heteroatoms. The summed E-state index contributed by atoms with van der Waals surface area (Å²) >= 11 is 4.32. The molecule has 3 amide bonds. The lowest BCUT2D eigenvalue weighted by Crippen LogP contribution is -2.60. The summed E-state index contributed by atoms with van der Waals surface area (Å²) in [6.45, 7) is 12.5. The van der Waals surface area contributed by atoms with Crippen molar-refractivity contribution in [1.29, 1.82) is 0 Å².